The largest absolute Gasteiger partial charge is 0.314 e. The zero-order chi connectivity index (χ0) is 11.4. The van der Waals surface area contributed by atoms with Gasteiger partial charge >= 0.3 is 0 Å². The fraction of sp³-hybridized carbons (Fsp3) is 0.538. The van der Waals surface area contributed by atoms with Crippen molar-refractivity contribution in [1.29, 1.82) is 0 Å². The molecule has 1 aromatic rings. The maximum Gasteiger partial charge on any atom is 0.0452 e. The van der Waals surface area contributed by atoms with Gasteiger partial charge in [-0.3, -0.25) is 0 Å². The van der Waals surface area contributed by atoms with Crippen LogP contribution >= 0.6 is 23.2 Å². The van der Waals surface area contributed by atoms with Crippen LogP contribution in [0.1, 0.15) is 31.2 Å². The predicted molar refractivity (Wildman–Crippen MR) is 70.4 cm³/mol. The minimum atomic E-state index is 0.712. The fourth-order valence-electron chi connectivity index (χ4n) is 1.76. The van der Waals surface area contributed by atoms with E-state index < -0.39 is 0 Å². The third-order valence-electron chi connectivity index (χ3n) is 2.90. The fourth-order valence-corrected chi connectivity index (χ4v) is 2.26. The third-order valence-corrected chi connectivity index (χ3v) is 3.49. The Balaban J connectivity index is 1.67. The predicted octanol–water partition coefficient (Wildman–Crippen LogP) is 4.07. The zero-order valence-corrected chi connectivity index (χ0v) is 10.8. The molecular formula is C13H17Cl2N. The molecule has 1 N–H and O–H groups in total. The minimum Gasteiger partial charge on any atom is -0.314 e. The van der Waals surface area contributed by atoms with Gasteiger partial charge < -0.3 is 5.32 Å². The lowest BCUT2D eigenvalue weighted by Crippen LogP contribution is -2.17. The van der Waals surface area contributed by atoms with Gasteiger partial charge in [0.1, 0.15) is 0 Å². The number of nitrogens with one attached hydrogen (secondary N) is 1. The normalized spacial score (nSPS) is 15.4. The lowest BCUT2D eigenvalue weighted by Gasteiger charge is -2.05. The molecule has 3 heteroatoms. The number of hydrogen-bond acceptors (Lipinski definition) is 1. The van der Waals surface area contributed by atoms with E-state index >= 15 is 0 Å². The maximum absolute atomic E-state index is 6.10. The van der Waals surface area contributed by atoms with Crippen LogP contribution in [0.2, 0.25) is 10.0 Å². The summed E-state index contributed by atoms with van der Waals surface area (Å²) in [5.41, 5.74) is 1.21. The molecule has 2 rings (SSSR count). The standard InChI is InChI=1S/C13H17Cl2N/c14-11-5-4-10(13(15)9-11)3-1-2-8-16-12-6-7-12/h4-5,9,12,16H,1-3,6-8H2. The Bertz CT molecular complexity index is 348. The first-order chi connectivity index (χ1) is 7.75. The van der Waals surface area contributed by atoms with Crippen molar-refractivity contribution in [3.05, 3.63) is 33.8 Å². The number of halogens is 2. The van der Waals surface area contributed by atoms with E-state index in [4.69, 9.17) is 23.2 Å². The smallest absolute Gasteiger partial charge is 0.0452 e. The van der Waals surface area contributed by atoms with E-state index in [0.717, 1.165) is 24.0 Å². The third kappa shape index (κ3) is 3.97. The van der Waals surface area contributed by atoms with Gasteiger partial charge in [-0.25, -0.2) is 0 Å². The van der Waals surface area contributed by atoms with Crippen molar-refractivity contribution in [3.8, 4) is 0 Å². The molecule has 1 nitrogen and oxygen atoms in total. The van der Waals surface area contributed by atoms with E-state index in [1.54, 1.807) is 0 Å². The topological polar surface area (TPSA) is 12.0 Å². The number of benzene rings is 1. The molecule has 88 valence electrons. The van der Waals surface area contributed by atoms with Crippen molar-refractivity contribution in [2.45, 2.75) is 38.1 Å². The Labute approximate surface area is 107 Å². The van der Waals surface area contributed by atoms with Crippen molar-refractivity contribution in [3.63, 3.8) is 0 Å². The van der Waals surface area contributed by atoms with E-state index in [1.807, 2.05) is 18.2 Å². The van der Waals surface area contributed by atoms with E-state index in [9.17, 15) is 0 Å². The summed E-state index contributed by atoms with van der Waals surface area (Å²) in [6.45, 7) is 1.13. The van der Waals surface area contributed by atoms with Crippen LogP contribution < -0.4 is 5.32 Å². The molecule has 1 saturated carbocycles. The average molecular weight is 258 g/mol. The molecule has 1 aromatic carbocycles. The van der Waals surface area contributed by atoms with Crippen LogP contribution in [0, 0.1) is 0 Å². The number of aryl methyl sites for hydroxylation is 1. The van der Waals surface area contributed by atoms with Crippen LogP contribution in [0.3, 0.4) is 0 Å². The number of unbranched alkanes of at least 4 members (excludes halogenated alkanes) is 1. The molecule has 0 aliphatic heterocycles. The molecule has 0 unspecified atom stereocenters. The van der Waals surface area contributed by atoms with Crippen molar-refractivity contribution in [1.82, 2.24) is 5.32 Å². The van der Waals surface area contributed by atoms with Gasteiger partial charge in [-0.2, -0.15) is 0 Å². The maximum atomic E-state index is 6.10. The van der Waals surface area contributed by atoms with Crippen molar-refractivity contribution >= 4 is 23.2 Å². The van der Waals surface area contributed by atoms with Gasteiger partial charge in [0, 0.05) is 16.1 Å². The van der Waals surface area contributed by atoms with Crippen LogP contribution in [-0.2, 0) is 6.42 Å². The minimum absolute atomic E-state index is 0.712. The van der Waals surface area contributed by atoms with Crippen molar-refractivity contribution in [2.24, 2.45) is 0 Å². The molecule has 16 heavy (non-hydrogen) atoms. The van der Waals surface area contributed by atoms with E-state index in [1.165, 1.54) is 31.2 Å². The van der Waals surface area contributed by atoms with Crippen LogP contribution in [0.5, 0.6) is 0 Å². The van der Waals surface area contributed by atoms with Gasteiger partial charge in [0.2, 0.25) is 0 Å². The molecule has 0 saturated heterocycles. The lowest BCUT2D eigenvalue weighted by molar-refractivity contribution is 0.620. The van der Waals surface area contributed by atoms with Gasteiger partial charge in [0.15, 0.2) is 0 Å². The molecule has 1 aliphatic rings. The van der Waals surface area contributed by atoms with Gasteiger partial charge in [0.05, 0.1) is 0 Å². The van der Waals surface area contributed by atoms with E-state index in [2.05, 4.69) is 5.32 Å². The first-order valence-corrected chi connectivity index (χ1v) is 6.68. The average Bonchev–Trinajstić information content (AvgIpc) is 3.04. The Morgan fingerprint density at radius 2 is 2.00 bits per heavy atom. The van der Waals surface area contributed by atoms with Crippen LogP contribution in [0.15, 0.2) is 18.2 Å². The molecule has 0 heterocycles. The highest BCUT2D eigenvalue weighted by Gasteiger charge is 2.19. The van der Waals surface area contributed by atoms with Gasteiger partial charge in [0.25, 0.3) is 0 Å². The quantitative estimate of drug-likeness (QED) is 0.758. The number of hydrogen-bond donors (Lipinski definition) is 1. The molecule has 0 amide bonds. The summed E-state index contributed by atoms with van der Waals surface area (Å²) in [7, 11) is 0. The van der Waals surface area contributed by atoms with Crippen LogP contribution in [0.25, 0.3) is 0 Å². The molecule has 0 atom stereocenters. The highest BCUT2D eigenvalue weighted by Crippen LogP contribution is 2.22. The van der Waals surface area contributed by atoms with Gasteiger partial charge in [-0.1, -0.05) is 29.3 Å². The first kappa shape index (κ1) is 12.2. The van der Waals surface area contributed by atoms with Crippen molar-refractivity contribution < 1.29 is 0 Å². The van der Waals surface area contributed by atoms with Crippen molar-refractivity contribution in [2.75, 3.05) is 6.54 Å². The summed E-state index contributed by atoms with van der Waals surface area (Å²) in [5, 5.41) is 5.02. The van der Waals surface area contributed by atoms with Crippen LogP contribution in [0.4, 0.5) is 0 Å². The molecule has 1 fully saturated rings. The highest BCUT2D eigenvalue weighted by molar-refractivity contribution is 6.35. The van der Waals surface area contributed by atoms with E-state index in [-0.39, 0.29) is 0 Å². The summed E-state index contributed by atoms with van der Waals surface area (Å²) in [5.74, 6) is 0. The molecule has 0 radical (unpaired) electrons. The molecule has 0 aromatic heterocycles. The molecule has 1 aliphatic carbocycles. The second-order valence-electron chi connectivity index (χ2n) is 4.42. The Hall–Kier alpha value is -0.240. The Morgan fingerprint density at radius 1 is 1.19 bits per heavy atom. The Kier molecular flexibility index (Phi) is 4.51. The lowest BCUT2D eigenvalue weighted by atomic mass is 10.1. The molecular weight excluding hydrogens is 241 g/mol. The zero-order valence-electron chi connectivity index (χ0n) is 9.31. The molecule has 0 bridgehead atoms. The summed E-state index contributed by atoms with van der Waals surface area (Å²) in [6.07, 6.45) is 6.17. The number of rotatable bonds is 6. The second kappa shape index (κ2) is 5.90. The summed E-state index contributed by atoms with van der Waals surface area (Å²) >= 11 is 12.0. The SMILES string of the molecule is Clc1ccc(CCCCNC2CC2)c(Cl)c1. The second-order valence-corrected chi connectivity index (χ2v) is 5.26. The first-order valence-electron chi connectivity index (χ1n) is 5.93. The van der Waals surface area contributed by atoms with E-state index in [0.29, 0.717) is 5.02 Å². The van der Waals surface area contributed by atoms with Crippen LogP contribution in [-0.4, -0.2) is 12.6 Å². The summed E-state index contributed by atoms with van der Waals surface area (Å²) in [4.78, 5) is 0. The monoisotopic (exact) mass is 257 g/mol. The summed E-state index contributed by atoms with van der Waals surface area (Å²) in [6, 6.07) is 6.57. The highest BCUT2D eigenvalue weighted by atomic mass is 35.5. The Morgan fingerprint density at radius 3 is 2.69 bits per heavy atom. The van der Waals surface area contributed by atoms with Gasteiger partial charge in [-0.15, -0.1) is 0 Å². The van der Waals surface area contributed by atoms with Gasteiger partial charge in [-0.05, 0) is 56.3 Å². The molecule has 0 spiro atoms. The summed E-state index contributed by atoms with van der Waals surface area (Å²) < 4.78 is 0.